The number of nitro benzene ring substituents is 1. The third kappa shape index (κ3) is 3.96. The summed E-state index contributed by atoms with van der Waals surface area (Å²) in [6.45, 7) is 0. The molecule has 2 rings (SSSR count). The highest BCUT2D eigenvalue weighted by Gasteiger charge is 2.11. The minimum Gasteiger partial charge on any atom is -0.388 e. The van der Waals surface area contributed by atoms with Crippen molar-refractivity contribution in [3.8, 4) is 0 Å². The molecule has 0 spiro atoms. The number of hydrogen-bond donors (Lipinski definition) is 1. The molecule has 104 valence electrons. The molecule has 0 heterocycles. The van der Waals surface area contributed by atoms with Crippen LogP contribution in [0.1, 0.15) is 11.7 Å². The van der Waals surface area contributed by atoms with Gasteiger partial charge >= 0.3 is 0 Å². The second-order valence-corrected chi connectivity index (χ2v) is 5.66. The van der Waals surface area contributed by atoms with Gasteiger partial charge in [0.05, 0.1) is 11.0 Å². The average molecular weight is 310 g/mol. The van der Waals surface area contributed by atoms with Crippen LogP contribution < -0.4 is 0 Å². The van der Waals surface area contributed by atoms with Crippen LogP contribution in [0.2, 0.25) is 5.02 Å². The molecule has 0 radical (unpaired) electrons. The van der Waals surface area contributed by atoms with Gasteiger partial charge in [0.15, 0.2) is 0 Å². The van der Waals surface area contributed by atoms with Crippen molar-refractivity contribution in [2.45, 2.75) is 11.0 Å². The molecule has 6 heteroatoms. The molecule has 20 heavy (non-hydrogen) atoms. The van der Waals surface area contributed by atoms with Crippen molar-refractivity contribution in [1.29, 1.82) is 0 Å². The van der Waals surface area contributed by atoms with E-state index in [-0.39, 0.29) is 5.69 Å². The molecule has 0 aliphatic heterocycles. The van der Waals surface area contributed by atoms with E-state index in [1.165, 1.54) is 23.9 Å². The van der Waals surface area contributed by atoms with Crippen LogP contribution in [0.25, 0.3) is 0 Å². The fourth-order valence-electron chi connectivity index (χ4n) is 1.65. The van der Waals surface area contributed by atoms with Gasteiger partial charge in [-0.3, -0.25) is 10.1 Å². The predicted molar refractivity (Wildman–Crippen MR) is 80.2 cm³/mol. The number of thioether (sulfide) groups is 1. The Morgan fingerprint density at radius 2 is 1.95 bits per heavy atom. The molecule has 0 saturated carbocycles. The summed E-state index contributed by atoms with van der Waals surface area (Å²) in [6.07, 6.45) is -0.681. The lowest BCUT2D eigenvalue weighted by Gasteiger charge is -2.10. The number of nitro groups is 1. The van der Waals surface area contributed by atoms with Crippen LogP contribution in [0.5, 0.6) is 0 Å². The van der Waals surface area contributed by atoms with Crippen LogP contribution >= 0.6 is 23.4 Å². The molecule has 1 unspecified atom stereocenters. The maximum absolute atomic E-state index is 10.6. The molecule has 0 aliphatic rings. The largest absolute Gasteiger partial charge is 0.388 e. The summed E-state index contributed by atoms with van der Waals surface area (Å²) in [5.74, 6) is 0.457. The normalized spacial score (nSPS) is 12.1. The minimum atomic E-state index is -0.681. The highest BCUT2D eigenvalue weighted by atomic mass is 35.5. The van der Waals surface area contributed by atoms with E-state index >= 15 is 0 Å². The molecular formula is C14H12ClNO3S. The highest BCUT2D eigenvalue weighted by molar-refractivity contribution is 7.99. The Balaban J connectivity index is 1.97. The van der Waals surface area contributed by atoms with Gasteiger partial charge in [0.2, 0.25) is 0 Å². The van der Waals surface area contributed by atoms with Gasteiger partial charge < -0.3 is 5.11 Å². The Bertz CT molecular complexity index is 604. The summed E-state index contributed by atoms with van der Waals surface area (Å²) < 4.78 is 0. The first-order valence-corrected chi connectivity index (χ1v) is 7.23. The van der Waals surface area contributed by atoms with Crippen LogP contribution in [0, 0.1) is 10.1 Å². The number of non-ortho nitro benzene ring substituents is 1. The van der Waals surface area contributed by atoms with Crippen molar-refractivity contribution in [2.75, 3.05) is 5.75 Å². The smallest absolute Gasteiger partial charge is 0.269 e. The Hall–Kier alpha value is -1.56. The molecular weight excluding hydrogens is 298 g/mol. The van der Waals surface area contributed by atoms with Gasteiger partial charge in [0, 0.05) is 27.8 Å². The molecule has 2 aromatic rings. The molecule has 4 nitrogen and oxygen atoms in total. The maximum atomic E-state index is 10.6. The lowest BCUT2D eigenvalue weighted by atomic mass is 10.1. The van der Waals surface area contributed by atoms with Crippen LogP contribution in [0.15, 0.2) is 53.4 Å². The standard InChI is InChI=1S/C14H12ClNO3S/c15-11-2-1-3-13(8-11)20-9-14(17)10-4-6-12(7-5-10)16(18)19/h1-8,14,17H,9H2. The van der Waals surface area contributed by atoms with Crippen molar-refractivity contribution >= 4 is 29.1 Å². The quantitative estimate of drug-likeness (QED) is 0.513. The Morgan fingerprint density at radius 3 is 2.55 bits per heavy atom. The fraction of sp³-hybridized carbons (Fsp3) is 0.143. The molecule has 0 fully saturated rings. The van der Waals surface area contributed by atoms with E-state index in [4.69, 9.17) is 11.6 Å². The van der Waals surface area contributed by atoms with Crippen molar-refractivity contribution in [3.63, 3.8) is 0 Å². The van der Waals surface area contributed by atoms with Crippen molar-refractivity contribution in [3.05, 3.63) is 69.2 Å². The number of nitrogens with zero attached hydrogens (tertiary/aromatic N) is 1. The van der Waals surface area contributed by atoms with Crippen molar-refractivity contribution in [1.82, 2.24) is 0 Å². The van der Waals surface area contributed by atoms with Crippen molar-refractivity contribution < 1.29 is 10.0 Å². The monoisotopic (exact) mass is 309 g/mol. The molecule has 1 atom stereocenters. The molecule has 0 bridgehead atoms. The second-order valence-electron chi connectivity index (χ2n) is 4.13. The van der Waals surface area contributed by atoms with Gasteiger partial charge in [-0.15, -0.1) is 11.8 Å². The average Bonchev–Trinajstić information content (AvgIpc) is 2.45. The number of aliphatic hydroxyl groups excluding tert-OH is 1. The Labute approximate surface area is 125 Å². The minimum absolute atomic E-state index is 0.0171. The third-order valence-corrected chi connectivity index (χ3v) is 4.00. The van der Waals surface area contributed by atoms with Gasteiger partial charge in [-0.2, -0.15) is 0 Å². The summed E-state index contributed by atoms with van der Waals surface area (Å²) >= 11 is 7.36. The zero-order chi connectivity index (χ0) is 14.5. The van der Waals surface area contributed by atoms with E-state index in [2.05, 4.69) is 0 Å². The Morgan fingerprint density at radius 1 is 1.25 bits per heavy atom. The van der Waals surface area contributed by atoms with Crippen LogP contribution in [0.4, 0.5) is 5.69 Å². The zero-order valence-electron chi connectivity index (χ0n) is 10.4. The summed E-state index contributed by atoms with van der Waals surface area (Å²) in [6, 6.07) is 13.3. The predicted octanol–water partition coefficient (Wildman–Crippen LogP) is 4.07. The molecule has 0 amide bonds. The number of benzene rings is 2. The summed E-state index contributed by atoms with van der Waals surface area (Å²) in [7, 11) is 0. The molecule has 1 N–H and O–H groups in total. The van der Waals surface area contributed by atoms with Gasteiger partial charge in [-0.05, 0) is 35.9 Å². The van der Waals surface area contributed by atoms with E-state index in [0.29, 0.717) is 16.3 Å². The van der Waals surface area contributed by atoms with E-state index in [9.17, 15) is 15.2 Å². The van der Waals surface area contributed by atoms with Gasteiger partial charge in [-0.25, -0.2) is 0 Å². The van der Waals surface area contributed by atoms with E-state index < -0.39 is 11.0 Å². The molecule has 0 aromatic heterocycles. The SMILES string of the molecule is O=[N+]([O-])c1ccc(C(O)CSc2cccc(Cl)c2)cc1. The number of halogens is 1. The molecule has 0 aliphatic carbocycles. The first-order valence-electron chi connectivity index (χ1n) is 5.87. The van der Waals surface area contributed by atoms with Gasteiger partial charge in [0.1, 0.15) is 0 Å². The van der Waals surface area contributed by atoms with E-state index in [1.54, 1.807) is 18.2 Å². The highest BCUT2D eigenvalue weighted by Crippen LogP contribution is 2.27. The lowest BCUT2D eigenvalue weighted by molar-refractivity contribution is -0.384. The van der Waals surface area contributed by atoms with Gasteiger partial charge in [0.25, 0.3) is 5.69 Å². The Kier molecular flexibility index (Phi) is 5.00. The van der Waals surface area contributed by atoms with Crippen molar-refractivity contribution in [2.24, 2.45) is 0 Å². The van der Waals surface area contributed by atoms with Gasteiger partial charge in [-0.1, -0.05) is 17.7 Å². The first kappa shape index (κ1) is 14.8. The lowest BCUT2D eigenvalue weighted by Crippen LogP contribution is -2.00. The van der Waals surface area contributed by atoms with E-state index in [1.807, 2.05) is 18.2 Å². The summed E-state index contributed by atoms with van der Waals surface area (Å²) in [4.78, 5) is 11.1. The second kappa shape index (κ2) is 6.74. The number of aliphatic hydroxyl groups is 1. The number of rotatable bonds is 5. The maximum Gasteiger partial charge on any atom is 0.269 e. The topological polar surface area (TPSA) is 63.4 Å². The molecule has 2 aromatic carbocycles. The van der Waals surface area contributed by atoms with E-state index in [0.717, 1.165) is 4.90 Å². The molecule has 0 saturated heterocycles. The first-order chi connectivity index (χ1) is 9.56. The fourth-order valence-corrected chi connectivity index (χ4v) is 2.83. The zero-order valence-corrected chi connectivity index (χ0v) is 12.0. The third-order valence-electron chi connectivity index (χ3n) is 2.69. The number of hydrogen-bond acceptors (Lipinski definition) is 4. The van der Waals surface area contributed by atoms with Crippen LogP contribution in [0.3, 0.4) is 0 Å². The summed E-state index contributed by atoms with van der Waals surface area (Å²) in [5, 5.41) is 21.3. The summed E-state index contributed by atoms with van der Waals surface area (Å²) in [5.41, 5.74) is 0.675. The van der Waals surface area contributed by atoms with Crippen LogP contribution in [-0.2, 0) is 0 Å². The van der Waals surface area contributed by atoms with Crippen LogP contribution in [-0.4, -0.2) is 15.8 Å².